The number of benzene rings is 1. The molecule has 32 heavy (non-hydrogen) atoms. The molecule has 0 aliphatic carbocycles. The Balaban J connectivity index is 1.17. The second-order valence-corrected chi connectivity index (χ2v) is 9.35. The van der Waals surface area contributed by atoms with Crippen molar-refractivity contribution in [2.75, 3.05) is 31.1 Å². The average Bonchev–Trinajstić information content (AvgIpc) is 3.62. The maximum absolute atomic E-state index is 13.4. The smallest absolute Gasteiger partial charge is 0.254 e. The van der Waals surface area contributed by atoms with E-state index in [1.165, 1.54) is 0 Å². The lowest BCUT2D eigenvalue weighted by atomic mass is 10.0. The van der Waals surface area contributed by atoms with Crippen molar-refractivity contribution in [2.24, 2.45) is 11.8 Å². The number of rotatable bonds is 4. The topological polar surface area (TPSA) is 62.5 Å². The first-order valence-electron chi connectivity index (χ1n) is 10.8. The number of likely N-dealkylation sites (tertiary alicyclic amines) is 1. The lowest BCUT2D eigenvalue weighted by molar-refractivity contribution is 0.0783. The molecule has 160 valence electrons. The minimum atomic E-state index is 0.134. The molecule has 2 aliphatic heterocycles. The molecular weight excluding hydrogens is 420 g/mol. The summed E-state index contributed by atoms with van der Waals surface area (Å²) in [5.74, 6) is 2.62. The number of fused-ring (bicyclic) bond motifs is 1. The number of aromatic nitrogens is 2. The number of hydrogen-bond acceptors (Lipinski definition) is 6. The highest BCUT2D eigenvalue weighted by Crippen LogP contribution is 2.36. The van der Waals surface area contributed by atoms with E-state index in [0.717, 1.165) is 59.5 Å². The van der Waals surface area contributed by atoms with Crippen molar-refractivity contribution >= 4 is 23.1 Å². The maximum atomic E-state index is 13.4. The van der Waals surface area contributed by atoms with Crippen molar-refractivity contribution in [1.29, 1.82) is 0 Å². The first-order valence-corrected chi connectivity index (χ1v) is 11.7. The fourth-order valence-corrected chi connectivity index (χ4v) is 5.65. The monoisotopic (exact) mass is 442 g/mol. The van der Waals surface area contributed by atoms with Gasteiger partial charge in [-0.1, -0.05) is 24.3 Å². The van der Waals surface area contributed by atoms with E-state index >= 15 is 0 Å². The van der Waals surface area contributed by atoms with Crippen LogP contribution in [0, 0.1) is 11.8 Å². The van der Waals surface area contributed by atoms with Crippen molar-refractivity contribution in [3.63, 3.8) is 0 Å². The summed E-state index contributed by atoms with van der Waals surface area (Å²) in [6.45, 7) is 3.34. The molecule has 5 heterocycles. The number of nitrogens with zero attached hydrogens (tertiary/aromatic N) is 4. The normalized spacial score (nSPS) is 20.0. The van der Waals surface area contributed by atoms with E-state index in [1.807, 2.05) is 53.6 Å². The van der Waals surface area contributed by atoms with Gasteiger partial charge in [-0.15, -0.1) is 11.3 Å². The summed E-state index contributed by atoms with van der Waals surface area (Å²) < 4.78 is 5.47. The van der Waals surface area contributed by atoms with Gasteiger partial charge >= 0.3 is 0 Å². The highest BCUT2D eigenvalue weighted by Gasteiger charge is 2.42. The van der Waals surface area contributed by atoms with Gasteiger partial charge in [0.15, 0.2) is 5.76 Å². The number of carbonyl (C=O) groups excluding carboxylic acids is 1. The van der Waals surface area contributed by atoms with Crippen molar-refractivity contribution in [2.45, 2.75) is 0 Å². The van der Waals surface area contributed by atoms with Crippen LogP contribution in [0.15, 0.2) is 77.0 Å². The Morgan fingerprint density at radius 2 is 1.81 bits per heavy atom. The molecule has 1 aromatic carbocycles. The van der Waals surface area contributed by atoms with Gasteiger partial charge in [0.2, 0.25) is 0 Å². The molecule has 0 radical (unpaired) electrons. The van der Waals surface area contributed by atoms with Gasteiger partial charge in [0.25, 0.3) is 5.91 Å². The molecule has 4 aromatic rings. The van der Waals surface area contributed by atoms with Crippen molar-refractivity contribution < 1.29 is 9.21 Å². The van der Waals surface area contributed by atoms with Gasteiger partial charge in [-0.3, -0.25) is 9.78 Å². The standard InChI is InChI=1S/C25H22N4O2S/c30-25(20-6-2-1-5-19(20)23-8-4-10-32-23)29-15-17-13-28(14-18(17)16-29)24-12-26-11-21(27-24)22-7-3-9-31-22/h1-12,17-18H,13-16H2. The van der Waals surface area contributed by atoms with E-state index in [0.29, 0.717) is 11.8 Å². The number of hydrogen-bond donors (Lipinski definition) is 0. The second kappa shape index (κ2) is 7.91. The zero-order valence-electron chi connectivity index (χ0n) is 17.4. The van der Waals surface area contributed by atoms with Gasteiger partial charge in [-0.25, -0.2) is 4.98 Å². The third-order valence-corrected chi connectivity index (χ3v) is 7.34. The van der Waals surface area contributed by atoms with Gasteiger partial charge in [-0.2, -0.15) is 0 Å². The van der Waals surface area contributed by atoms with Crippen LogP contribution < -0.4 is 4.90 Å². The lowest BCUT2D eigenvalue weighted by Gasteiger charge is -2.23. The molecule has 0 spiro atoms. The minimum absolute atomic E-state index is 0.134. The highest BCUT2D eigenvalue weighted by atomic mass is 32.1. The van der Waals surface area contributed by atoms with Gasteiger partial charge in [0.1, 0.15) is 11.5 Å². The third kappa shape index (κ3) is 3.39. The van der Waals surface area contributed by atoms with Gasteiger partial charge in [0.05, 0.1) is 18.7 Å². The predicted octanol–water partition coefficient (Wildman–Crippen LogP) is 4.67. The Morgan fingerprint density at radius 3 is 2.56 bits per heavy atom. The van der Waals surface area contributed by atoms with E-state index in [-0.39, 0.29) is 5.91 Å². The summed E-state index contributed by atoms with van der Waals surface area (Å²) in [5, 5.41) is 2.05. The number of amides is 1. The van der Waals surface area contributed by atoms with Crippen LogP contribution in [-0.2, 0) is 0 Å². The summed E-state index contributed by atoms with van der Waals surface area (Å²) in [7, 11) is 0. The lowest BCUT2D eigenvalue weighted by Crippen LogP contribution is -2.33. The van der Waals surface area contributed by atoms with Crippen LogP contribution in [0.2, 0.25) is 0 Å². The van der Waals surface area contributed by atoms with Crippen LogP contribution in [0.25, 0.3) is 21.9 Å². The molecule has 6 rings (SSSR count). The largest absolute Gasteiger partial charge is 0.463 e. The van der Waals surface area contributed by atoms with Crippen LogP contribution in [0.3, 0.4) is 0 Å². The first-order chi connectivity index (χ1) is 15.8. The molecule has 2 atom stereocenters. The number of carbonyl (C=O) groups is 1. The van der Waals surface area contributed by atoms with Crippen molar-refractivity contribution in [1.82, 2.24) is 14.9 Å². The van der Waals surface area contributed by atoms with E-state index in [9.17, 15) is 4.79 Å². The summed E-state index contributed by atoms with van der Waals surface area (Å²) in [5.41, 5.74) is 2.56. The van der Waals surface area contributed by atoms with E-state index in [1.54, 1.807) is 23.8 Å². The number of thiophene rings is 1. The first kappa shape index (κ1) is 19.3. The third-order valence-electron chi connectivity index (χ3n) is 6.44. The van der Waals surface area contributed by atoms with E-state index in [4.69, 9.17) is 9.40 Å². The molecule has 0 N–H and O–H groups in total. The molecule has 2 unspecified atom stereocenters. The van der Waals surface area contributed by atoms with Crippen molar-refractivity contribution in [3.8, 4) is 21.9 Å². The Hall–Kier alpha value is -3.45. The fourth-order valence-electron chi connectivity index (χ4n) is 4.88. The summed E-state index contributed by atoms with van der Waals surface area (Å²) in [4.78, 5) is 28.0. The molecule has 2 saturated heterocycles. The number of furan rings is 1. The van der Waals surface area contributed by atoms with Gasteiger partial charge in [0, 0.05) is 54.0 Å². The number of anilines is 1. The molecule has 2 fully saturated rings. The van der Waals surface area contributed by atoms with Crippen LogP contribution in [0.4, 0.5) is 5.82 Å². The Morgan fingerprint density at radius 1 is 0.969 bits per heavy atom. The molecule has 1 amide bonds. The van der Waals surface area contributed by atoms with Crippen LogP contribution in [-0.4, -0.2) is 47.0 Å². The molecule has 2 aliphatic rings. The quantitative estimate of drug-likeness (QED) is 0.459. The van der Waals surface area contributed by atoms with Gasteiger partial charge in [-0.05, 0) is 29.6 Å². The fraction of sp³-hybridized carbons (Fsp3) is 0.240. The molecule has 0 bridgehead atoms. The zero-order valence-corrected chi connectivity index (χ0v) is 18.2. The highest BCUT2D eigenvalue weighted by molar-refractivity contribution is 7.13. The van der Waals surface area contributed by atoms with Crippen LogP contribution >= 0.6 is 11.3 Å². The molecule has 3 aromatic heterocycles. The summed E-state index contributed by atoms with van der Waals surface area (Å²) in [6, 6.07) is 15.8. The van der Waals surface area contributed by atoms with Gasteiger partial charge < -0.3 is 14.2 Å². The molecular formula is C25H22N4O2S. The predicted molar refractivity (Wildman–Crippen MR) is 125 cm³/mol. The Kier molecular flexibility index (Phi) is 4.76. The van der Waals surface area contributed by atoms with E-state index < -0.39 is 0 Å². The molecule has 7 heteroatoms. The van der Waals surface area contributed by atoms with Crippen molar-refractivity contribution in [3.05, 3.63) is 78.1 Å². The average molecular weight is 443 g/mol. The Labute approximate surface area is 190 Å². The van der Waals surface area contributed by atoms with Crippen LogP contribution in [0.1, 0.15) is 10.4 Å². The second-order valence-electron chi connectivity index (χ2n) is 8.40. The zero-order chi connectivity index (χ0) is 21.5. The van der Waals surface area contributed by atoms with Crippen LogP contribution in [0.5, 0.6) is 0 Å². The summed E-state index contributed by atoms with van der Waals surface area (Å²) in [6.07, 6.45) is 5.19. The minimum Gasteiger partial charge on any atom is -0.463 e. The SMILES string of the molecule is O=C(c1ccccc1-c1cccs1)N1CC2CN(c3cncc(-c4ccco4)n3)CC2C1. The summed E-state index contributed by atoms with van der Waals surface area (Å²) >= 11 is 1.67. The molecule has 0 saturated carbocycles. The van der Waals surface area contributed by atoms with E-state index in [2.05, 4.69) is 21.3 Å². The Bertz CT molecular complexity index is 1220. The molecule has 6 nitrogen and oxygen atoms in total. The maximum Gasteiger partial charge on any atom is 0.254 e.